The summed E-state index contributed by atoms with van der Waals surface area (Å²) in [5.41, 5.74) is 6.13. The summed E-state index contributed by atoms with van der Waals surface area (Å²) in [6.45, 7) is 1.99. The van der Waals surface area contributed by atoms with Gasteiger partial charge in [0.2, 0.25) is 0 Å². The topological polar surface area (TPSA) is 64.1 Å². The first kappa shape index (κ1) is 16.7. The maximum absolute atomic E-state index is 12.5. The zero-order valence-electron chi connectivity index (χ0n) is 14.1. The SMILES string of the molecule is COc1ccc(-c2csc(NC(=O)c3ccc4ncsc4c3)n2)cc1C. The second-order valence-corrected chi connectivity index (χ2v) is 7.46. The molecule has 0 spiro atoms. The Bertz CT molecular complexity index is 1100. The Balaban J connectivity index is 1.54. The highest BCUT2D eigenvalue weighted by Gasteiger charge is 2.12. The van der Waals surface area contributed by atoms with Crippen LogP contribution in [0.15, 0.2) is 47.3 Å². The van der Waals surface area contributed by atoms with Crippen molar-refractivity contribution < 1.29 is 9.53 Å². The largest absolute Gasteiger partial charge is 0.496 e. The van der Waals surface area contributed by atoms with Crippen LogP contribution in [0.1, 0.15) is 15.9 Å². The Morgan fingerprint density at radius 2 is 2.04 bits per heavy atom. The monoisotopic (exact) mass is 381 g/mol. The average molecular weight is 381 g/mol. The minimum Gasteiger partial charge on any atom is -0.496 e. The second kappa shape index (κ2) is 6.86. The molecule has 1 amide bonds. The smallest absolute Gasteiger partial charge is 0.257 e. The summed E-state index contributed by atoms with van der Waals surface area (Å²) in [6.07, 6.45) is 0. The molecule has 0 radical (unpaired) electrons. The number of rotatable bonds is 4. The van der Waals surface area contributed by atoms with Gasteiger partial charge in [0.25, 0.3) is 5.91 Å². The zero-order chi connectivity index (χ0) is 18.1. The molecule has 0 bridgehead atoms. The highest BCUT2D eigenvalue weighted by Crippen LogP contribution is 2.29. The van der Waals surface area contributed by atoms with E-state index in [9.17, 15) is 4.79 Å². The fourth-order valence-electron chi connectivity index (χ4n) is 2.67. The molecule has 0 fully saturated rings. The second-order valence-electron chi connectivity index (χ2n) is 5.71. The Labute approximate surface area is 158 Å². The van der Waals surface area contributed by atoms with E-state index in [2.05, 4.69) is 15.3 Å². The van der Waals surface area contributed by atoms with E-state index < -0.39 is 0 Å². The van der Waals surface area contributed by atoms with Crippen LogP contribution in [0.25, 0.3) is 21.5 Å². The first-order chi connectivity index (χ1) is 12.6. The number of methoxy groups -OCH3 is 1. The Morgan fingerprint density at radius 1 is 1.15 bits per heavy atom. The van der Waals surface area contributed by atoms with Gasteiger partial charge in [-0.05, 0) is 48.9 Å². The van der Waals surface area contributed by atoms with Gasteiger partial charge in [-0.1, -0.05) is 0 Å². The number of anilines is 1. The summed E-state index contributed by atoms with van der Waals surface area (Å²) in [5.74, 6) is 0.670. The van der Waals surface area contributed by atoms with Crippen LogP contribution in [0.4, 0.5) is 5.13 Å². The molecule has 1 N–H and O–H groups in total. The number of hydrogen-bond donors (Lipinski definition) is 1. The summed E-state index contributed by atoms with van der Waals surface area (Å²) >= 11 is 2.92. The number of aromatic nitrogens is 2. The first-order valence-electron chi connectivity index (χ1n) is 7.89. The van der Waals surface area contributed by atoms with Crippen LogP contribution in [-0.2, 0) is 0 Å². The van der Waals surface area contributed by atoms with E-state index in [1.54, 1.807) is 18.7 Å². The van der Waals surface area contributed by atoms with E-state index in [1.807, 2.05) is 42.6 Å². The molecule has 0 aliphatic rings. The van der Waals surface area contributed by atoms with Crippen LogP contribution in [0, 0.1) is 6.92 Å². The Hall–Kier alpha value is -2.77. The third-order valence-corrected chi connectivity index (χ3v) is 5.56. The number of hydrogen-bond acceptors (Lipinski definition) is 6. The summed E-state index contributed by atoms with van der Waals surface area (Å²) < 4.78 is 6.28. The van der Waals surface area contributed by atoms with Crippen molar-refractivity contribution in [1.82, 2.24) is 9.97 Å². The van der Waals surface area contributed by atoms with Gasteiger partial charge < -0.3 is 4.74 Å². The number of nitrogens with one attached hydrogen (secondary N) is 1. The summed E-state index contributed by atoms with van der Waals surface area (Å²) in [6, 6.07) is 11.4. The number of amides is 1. The van der Waals surface area contributed by atoms with Gasteiger partial charge >= 0.3 is 0 Å². The number of benzene rings is 2. The predicted octanol–water partition coefficient (Wildman–Crippen LogP) is 4.99. The van der Waals surface area contributed by atoms with Crippen molar-refractivity contribution in [3.63, 3.8) is 0 Å². The molecule has 0 aliphatic heterocycles. The first-order valence-corrected chi connectivity index (χ1v) is 9.65. The van der Waals surface area contributed by atoms with Crippen LogP contribution in [0.2, 0.25) is 0 Å². The van der Waals surface area contributed by atoms with Gasteiger partial charge in [-0.3, -0.25) is 10.1 Å². The Morgan fingerprint density at radius 3 is 2.85 bits per heavy atom. The fraction of sp³-hybridized carbons (Fsp3) is 0.105. The molecule has 2 heterocycles. The molecule has 5 nitrogen and oxygen atoms in total. The van der Waals surface area contributed by atoms with Crippen molar-refractivity contribution in [1.29, 1.82) is 0 Å². The van der Waals surface area contributed by atoms with Crippen molar-refractivity contribution in [3.05, 3.63) is 58.4 Å². The van der Waals surface area contributed by atoms with Gasteiger partial charge in [0.1, 0.15) is 5.75 Å². The van der Waals surface area contributed by atoms with Gasteiger partial charge in [0, 0.05) is 16.5 Å². The van der Waals surface area contributed by atoms with Crippen molar-refractivity contribution >= 4 is 43.9 Å². The van der Waals surface area contributed by atoms with E-state index in [0.29, 0.717) is 10.7 Å². The van der Waals surface area contributed by atoms with Crippen LogP contribution >= 0.6 is 22.7 Å². The van der Waals surface area contributed by atoms with E-state index in [4.69, 9.17) is 4.74 Å². The van der Waals surface area contributed by atoms with E-state index in [0.717, 1.165) is 32.8 Å². The molecule has 0 unspecified atom stereocenters. The van der Waals surface area contributed by atoms with Crippen LogP contribution in [-0.4, -0.2) is 23.0 Å². The molecule has 4 aromatic rings. The quantitative estimate of drug-likeness (QED) is 0.541. The average Bonchev–Trinajstić information content (AvgIpc) is 3.30. The van der Waals surface area contributed by atoms with Crippen LogP contribution < -0.4 is 10.1 Å². The summed E-state index contributed by atoms with van der Waals surface area (Å²) in [4.78, 5) is 21.2. The molecule has 7 heteroatoms. The van der Waals surface area contributed by atoms with E-state index >= 15 is 0 Å². The predicted molar refractivity (Wildman–Crippen MR) is 106 cm³/mol. The lowest BCUT2D eigenvalue weighted by Crippen LogP contribution is -2.11. The standard InChI is InChI=1S/C19H15N3O2S2/c1-11-7-12(4-6-16(11)24-2)15-9-25-19(21-15)22-18(23)13-3-5-14-17(8-13)26-10-20-14/h3-10H,1-2H3,(H,21,22,23). The third-order valence-electron chi connectivity index (χ3n) is 4.01. The van der Waals surface area contributed by atoms with Crippen molar-refractivity contribution in [2.45, 2.75) is 6.92 Å². The minimum atomic E-state index is -0.174. The van der Waals surface area contributed by atoms with Gasteiger partial charge in [0.05, 0.1) is 28.5 Å². The molecular weight excluding hydrogens is 366 g/mol. The van der Waals surface area contributed by atoms with E-state index in [-0.39, 0.29) is 5.91 Å². The van der Waals surface area contributed by atoms with Gasteiger partial charge in [-0.25, -0.2) is 9.97 Å². The Kier molecular flexibility index (Phi) is 4.40. The minimum absolute atomic E-state index is 0.174. The molecular formula is C19H15N3O2S2. The van der Waals surface area contributed by atoms with Crippen LogP contribution in [0.3, 0.4) is 0 Å². The number of aryl methyl sites for hydroxylation is 1. The lowest BCUT2D eigenvalue weighted by Gasteiger charge is -2.05. The number of thiazole rings is 2. The number of carbonyl (C=O) groups excluding carboxylic acids is 1. The van der Waals surface area contributed by atoms with Crippen molar-refractivity contribution in [3.8, 4) is 17.0 Å². The number of fused-ring (bicyclic) bond motifs is 1. The molecule has 0 atom stereocenters. The maximum Gasteiger partial charge on any atom is 0.257 e. The van der Waals surface area contributed by atoms with Gasteiger partial charge in [-0.2, -0.15) is 0 Å². The van der Waals surface area contributed by atoms with Gasteiger partial charge in [-0.15, -0.1) is 22.7 Å². The van der Waals surface area contributed by atoms with Crippen molar-refractivity contribution in [2.75, 3.05) is 12.4 Å². The molecule has 0 aliphatic carbocycles. The molecule has 2 aromatic carbocycles. The molecule has 4 rings (SSSR count). The van der Waals surface area contributed by atoms with Gasteiger partial charge in [0.15, 0.2) is 5.13 Å². The third kappa shape index (κ3) is 3.18. The molecule has 130 valence electrons. The number of nitrogens with zero attached hydrogens (tertiary/aromatic N) is 2. The lowest BCUT2D eigenvalue weighted by atomic mass is 10.1. The molecule has 0 saturated carbocycles. The normalized spacial score (nSPS) is 10.8. The van der Waals surface area contributed by atoms with Crippen LogP contribution in [0.5, 0.6) is 5.75 Å². The zero-order valence-corrected chi connectivity index (χ0v) is 15.8. The number of ether oxygens (including phenoxy) is 1. The fourth-order valence-corrected chi connectivity index (χ4v) is 4.10. The maximum atomic E-state index is 12.5. The highest BCUT2D eigenvalue weighted by atomic mass is 32.1. The molecule has 0 saturated heterocycles. The molecule has 2 aromatic heterocycles. The van der Waals surface area contributed by atoms with Crippen molar-refractivity contribution in [2.24, 2.45) is 0 Å². The van der Waals surface area contributed by atoms with E-state index in [1.165, 1.54) is 22.7 Å². The molecule has 26 heavy (non-hydrogen) atoms. The summed E-state index contributed by atoms with van der Waals surface area (Å²) in [5, 5.41) is 5.38. The highest BCUT2D eigenvalue weighted by molar-refractivity contribution is 7.16. The summed E-state index contributed by atoms with van der Waals surface area (Å²) in [7, 11) is 1.65. The lowest BCUT2D eigenvalue weighted by molar-refractivity contribution is 0.102. The number of carbonyl (C=O) groups is 1.